The molecule has 2 aromatic rings. The Kier molecular flexibility index (Phi) is 6.08. The van der Waals surface area contributed by atoms with Gasteiger partial charge >= 0.3 is 0 Å². The number of hydrogen-bond acceptors (Lipinski definition) is 5. The number of hydrogen-bond donors (Lipinski definition) is 1. The van der Waals surface area contributed by atoms with E-state index in [1.807, 2.05) is 26.0 Å². The maximum absolute atomic E-state index is 11.7. The maximum atomic E-state index is 11.7. The summed E-state index contributed by atoms with van der Waals surface area (Å²) >= 11 is 6.90. The fraction of sp³-hybridized carbons (Fsp3) is 0.200. The highest BCUT2D eigenvalue weighted by Crippen LogP contribution is 2.30. The zero-order chi connectivity index (χ0) is 19.4. The molecule has 0 saturated carbocycles. The van der Waals surface area contributed by atoms with Crippen molar-refractivity contribution in [1.29, 1.82) is 0 Å². The van der Waals surface area contributed by atoms with Gasteiger partial charge in [0.1, 0.15) is 24.7 Å². The minimum atomic E-state index is -0.422. The fourth-order valence-corrected chi connectivity index (χ4v) is 3.51. The van der Waals surface area contributed by atoms with Crippen molar-refractivity contribution in [2.75, 3.05) is 13.2 Å². The SMILES string of the molecule is Cc1cc(C)cc(OCCOc2ccc(Cl)cc2/C=C2/SC(=O)NC2=O)c1. The van der Waals surface area contributed by atoms with E-state index < -0.39 is 11.1 Å². The number of rotatable bonds is 6. The zero-order valence-electron chi connectivity index (χ0n) is 14.9. The number of carbonyl (C=O) groups excluding carboxylic acids is 2. The molecule has 5 nitrogen and oxygen atoms in total. The lowest BCUT2D eigenvalue weighted by Crippen LogP contribution is -2.17. The number of benzene rings is 2. The van der Waals surface area contributed by atoms with Gasteiger partial charge in [-0.3, -0.25) is 14.9 Å². The van der Waals surface area contributed by atoms with Crippen molar-refractivity contribution in [3.05, 3.63) is 63.0 Å². The van der Waals surface area contributed by atoms with Crippen LogP contribution in [0.15, 0.2) is 41.3 Å². The lowest BCUT2D eigenvalue weighted by atomic mass is 10.1. The lowest BCUT2D eigenvalue weighted by molar-refractivity contribution is -0.115. The van der Waals surface area contributed by atoms with Crippen molar-refractivity contribution in [2.24, 2.45) is 0 Å². The Bertz CT molecular complexity index is 906. The maximum Gasteiger partial charge on any atom is 0.290 e. The summed E-state index contributed by atoms with van der Waals surface area (Å²) in [7, 11) is 0. The smallest absolute Gasteiger partial charge is 0.290 e. The van der Waals surface area contributed by atoms with Crippen LogP contribution in [0.1, 0.15) is 16.7 Å². The number of ether oxygens (including phenoxy) is 2. The molecule has 0 spiro atoms. The molecule has 27 heavy (non-hydrogen) atoms. The average molecular weight is 404 g/mol. The molecule has 140 valence electrons. The van der Waals surface area contributed by atoms with E-state index in [9.17, 15) is 9.59 Å². The predicted molar refractivity (Wildman–Crippen MR) is 107 cm³/mol. The van der Waals surface area contributed by atoms with E-state index in [2.05, 4.69) is 11.4 Å². The molecule has 3 rings (SSSR count). The van der Waals surface area contributed by atoms with Gasteiger partial charge in [0, 0.05) is 10.6 Å². The second kappa shape index (κ2) is 8.50. The minimum Gasteiger partial charge on any atom is -0.490 e. The highest BCUT2D eigenvalue weighted by molar-refractivity contribution is 8.18. The van der Waals surface area contributed by atoms with Gasteiger partial charge in [-0.05, 0) is 73.1 Å². The summed E-state index contributed by atoms with van der Waals surface area (Å²) in [6.45, 7) is 4.73. The van der Waals surface area contributed by atoms with E-state index >= 15 is 0 Å². The summed E-state index contributed by atoms with van der Waals surface area (Å²) < 4.78 is 11.5. The number of imide groups is 1. The number of amides is 2. The van der Waals surface area contributed by atoms with Gasteiger partial charge in [0.15, 0.2) is 0 Å². The van der Waals surface area contributed by atoms with Crippen molar-refractivity contribution in [1.82, 2.24) is 5.32 Å². The molecular formula is C20H18ClNO4S. The van der Waals surface area contributed by atoms with Crippen LogP contribution < -0.4 is 14.8 Å². The average Bonchev–Trinajstić information content (AvgIpc) is 2.89. The van der Waals surface area contributed by atoms with Crippen LogP contribution in [0, 0.1) is 13.8 Å². The summed E-state index contributed by atoms with van der Waals surface area (Å²) in [6, 6.07) is 11.1. The predicted octanol–water partition coefficient (Wildman–Crippen LogP) is 4.74. The van der Waals surface area contributed by atoms with Crippen molar-refractivity contribution in [2.45, 2.75) is 13.8 Å². The Morgan fingerprint density at radius 1 is 1.04 bits per heavy atom. The first-order valence-corrected chi connectivity index (χ1v) is 9.48. The Labute approximate surface area is 166 Å². The topological polar surface area (TPSA) is 64.6 Å². The third-order valence-corrected chi connectivity index (χ3v) is 4.75. The molecule has 0 atom stereocenters. The lowest BCUT2D eigenvalue weighted by Gasteiger charge is -2.12. The third-order valence-electron chi connectivity index (χ3n) is 3.71. The summed E-state index contributed by atoms with van der Waals surface area (Å²) in [5, 5.41) is 2.34. The van der Waals surface area contributed by atoms with Crippen molar-refractivity contribution in [3.63, 3.8) is 0 Å². The number of carbonyl (C=O) groups is 2. The molecule has 7 heteroatoms. The van der Waals surface area contributed by atoms with Gasteiger partial charge in [-0.1, -0.05) is 17.7 Å². The molecule has 0 aliphatic carbocycles. The van der Waals surface area contributed by atoms with Crippen molar-refractivity contribution in [3.8, 4) is 11.5 Å². The van der Waals surface area contributed by atoms with E-state index in [0.29, 0.717) is 34.5 Å². The van der Waals surface area contributed by atoms with Gasteiger partial charge in [-0.2, -0.15) is 0 Å². The Hall–Kier alpha value is -2.44. The second-order valence-electron chi connectivity index (χ2n) is 6.05. The molecule has 1 saturated heterocycles. The molecule has 1 N–H and O–H groups in total. The van der Waals surface area contributed by atoms with Gasteiger partial charge in [0.2, 0.25) is 0 Å². The first-order chi connectivity index (χ1) is 12.9. The summed E-state index contributed by atoms with van der Waals surface area (Å²) in [6.07, 6.45) is 1.59. The first-order valence-electron chi connectivity index (χ1n) is 8.29. The van der Waals surface area contributed by atoms with Crippen LogP contribution in [0.3, 0.4) is 0 Å². The number of halogens is 1. The zero-order valence-corrected chi connectivity index (χ0v) is 16.4. The van der Waals surface area contributed by atoms with Crippen LogP contribution in [0.25, 0.3) is 6.08 Å². The van der Waals surface area contributed by atoms with Crippen LogP contribution in [0.4, 0.5) is 4.79 Å². The third kappa shape index (κ3) is 5.28. The molecule has 2 amide bonds. The fourth-order valence-electron chi connectivity index (χ4n) is 2.65. The molecule has 0 unspecified atom stereocenters. The molecule has 0 bridgehead atoms. The summed E-state index contributed by atoms with van der Waals surface area (Å²) in [5.74, 6) is 0.935. The molecule has 1 fully saturated rings. The molecule has 1 aliphatic rings. The monoisotopic (exact) mass is 403 g/mol. The van der Waals surface area contributed by atoms with E-state index in [1.165, 1.54) is 0 Å². The van der Waals surface area contributed by atoms with Gasteiger partial charge in [-0.15, -0.1) is 0 Å². The highest BCUT2D eigenvalue weighted by atomic mass is 35.5. The van der Waals surface area contributed by atoms with E-state index in [0.717, 1.165) is 28.6 Å². The Morgan fingerprint density at radius 3 is 2.41 bits per heavy atom. The first kappa shape index (κ1) is 19.3. The molecule has 0 radical (unpaired) electrons. The summed E-state index contributed by atoms with van der Waals surface area (Å²) in [4.78, 5) is 23.4. The normalized spacial score (nSPS) is 15.1. The molecule has 1 heterocycles. The van der Waals surface area contributed by atoms with Crippen molar-refractivity contribution >= 4 is 40.6 Å². The number of nitrogens with one attached hydrogen (secondary N) is 1. The highest BCUT2D eigenvalue weighted by Gasteiger charge is 2.25. The van der Waals surface area contributed by atoms with Crippen LogP contribution in [-0.4, -0.2) is 24.4 Å². The largest absolute Gasteiger partial charge is 0.490 e. The Morgan fingerprint density at radius 2 is 1.74 bits per heavy atom. The van der Waals surface area contributed by atoms with E-state index in [-0.39, 0.29) is 0 Å². The van der Waals surface area contributed by atoms with Crippen LogP contribution in [0.5, 0.6) is 11.5 Å². The Balaban J connectivity index is 1.66. The van der Waals surface area contributed by atoms with Gasteiger partial charge in [0.25, 0.3) is 11.1 Å². The standard InChI is InChI=1S/C20H18ClNO4S/c1-12-7-13(2)9-16(8-12)25-5-6-26-17-4-3-15(21)10-14(17)11-18-19(23)22-20(24)27-18/h3-4,7-11H,5-6H2,1-2H3,(H,22,23,24)/b18-11+. The van der Waals surface area contributed by atoms with Crippen LogP contribution in [-0.2, 0) is 4.79 Å². The number of aryl methyl sites for hydroxylation is 2. The molecule has 2 aromatic carbocycles. The molecular weight excluding hydrogens is 386 g/mol. The second-order valence-corrected chi connectivity index (χ2v) is 7.51. The van der Waals surface area contributed by atoms with Crippen molar-refractivity contribution < 1.29 is 19.1 Å². The quantitative estimate of drug-likeness (QED) is 0.557. The number of thioether (sulfide) groups is 1. The van der Waals surface area contributed by atoms with Crippen LogP contribution >= 0.6 is 23.4 Å². The molecule has 1 aliphatic heterocycles. The summed E-state index contributed by atoms with van der Waals surface area (Å²) in [5.41, 5.74) is 2.90. The van der Waals surface area contributed by atoms with Gasteiger partial charge in [0.05, 0.1) is 4.91 Å². The van der Waals surface area contributed by atoms with Gasteiger partial charge in [-0.25, -0.2) is 0 Å². The van der Waals surface area contributed by atoms with E-state index in [1.54, 1.807) is 24.3 Å². The van der Waals surface area contributed by atoms with Gasteiger partial charge < -0.3 is 9.47 Å². The van der Waals surface area contributed by atoms with E-state index in [4.69, 9.17) is 21.1 Å². The minimum absolute atomic E-state index is 0.304. The molecule has 0 aromatic heterocycles. The van der Waals surface area contributed by atoms with Crippen LogP contribution in [0.2, 0.25) is 5.02 Å².